The molecular formula is C25H33F2N5O2. The molecule has 0 aliphatic heterocycles. The summed E-state index contributed by atoms with van der Waals surface area (Å²) >= 11 is 0. The van der Waals surface area contributed by atoms with E-state index in [1.54, 1.807) is 0 Å². The maximum atomic E-state index is 13.4. The van der Waals surface area contributed by atoms with Gasteiger partial charge in [-0.1, -0.05) is 25.9 Å². The molecule has 9 heteroatoms. The lowest BCUT2D eigenvalue weighted by Gasteiger charge is -2.25. The summed E-state index contributed by atoms with van der Waals surface area (Å²) in [4.78, 5) is 4.85. The summed E-state index contributed by atoms with van der Waals surface area (Å²) in [6, 6.07) is 6.02. The van der Waals surface area contributed by atoms with Gasteiger partial charge in [-0.05, 0) is 67.3 Å². The van der Waals surface area contributed by atoms with Crippen LogP contribution in [-0.2, 0) is 5.41 Å². The van der Waals surface area contributed by atoms with Crippen molar-refractivity contribution in [2.45, 2.75) is 83.8 Å². The number of fused-ring (bicyclic) bond motifs is 1. The van der Waals surface area contributed by atoms with E-state index in [9.17, 15) is 13.9 Å². The number of hydrogen-bond donors (Lipinski definition) is 3. The number of rotatable bonds is 6. The highest BCUT2D eigenvalue weighted by Gasteiger charge is 2.25. The summed E-state index contributed by atoms with van der Waals surface area (Å²) in [5.41, 5.74) is 3.56. The SMILES string of the molecule is Cc1cc(-c2nnc(NC3CCCC(O)C3)o2)nc2c(C(C)(C)C)cc(NCC(C)(F)F)cc12. The fourth-order valence-corrected chi connectivity index (χ4v) is 4.39. The van der Waals surface area contributed by atoms with E-state index in [2.05, 4.69) is 41.6 Å². The zero-order chi connectivity index (χ0) is 24.7. The Hall–Kier alpha value is -2.81. The Morgan fingerprint density at radius 2 is 1.88 bits per heavy atom. The summed E-state index contributed by atoms with van der Waals surface area (Å²) in [5, 5.41) is 25.2. The van der Waals surface area contributed by atoms with Crippen molar-refractivity contribution in [2.75, 3.05) is 17.2 Å². The van der Waals surface area contributed by atoms with Crippen molar-refractivity contribution in [3.63, 3.8) is 0 Å². The highest BCUT2D eigenvalue weighted by atomic mass is 19.3. The Bertz CT molecular complexity index is 1170. The summed E-state index contributed by atoms with van der Waals surface area (Å²) < 4.78 is 32.7. The van der Waals surface area contributed by atoms with Crippen LogP contribution in [0.4, 0.5) is 20.5 Å². The molecule has 7 nitrogen and oxygen atoms in total. The van der Waals surface area contributed by atoms with Gasteiger partial charge in [-0.25, -0.2) is 13.8 Å². The van der Waals surface area contributed by atoms with Crippen LogP contribution in [0.1, 0.15) is 64.5 Å². The molecule has 0 amide bonds. The number of aliphatic hydroxyl groups excluding tert-OH is 1. The van der Waals surface area contributed by atoms with Crippen LogP contribution in [-0.4, -0.2) is 44.9 Å². The Labute approximate surface area is 198 Å². The first kappa shape index (κ1) is 24.3. The fourth-order valence-electron chi connectivity index (χ4n) is 4.39. The number of nitrogens with zero attached hydrogens (tertiary/aromatic N) is 3. The summed E-state index contributed by atoms with van der Waals surface area (Å²) in [6.07, 6.45) is 3.06. The van der Waals surface area contributed by atoms with E-state index >= 15 is 0 Å². The number of aryl methyl sites for hydroxylation is 1. The zero-order valence-corrected chi connectivity index (χ0v) is 20.4. The number of alkyl halides is 2. The van der Waals surface area contributed by atoms with E-state index in [1.807, 2.05) is 25.1 Å². The smallest absolute Gasteiger partial charge is 0.316 e. The molecule has 184 valence electrons. The number of anilines is 2. The van der Waals surface area contributed by atoms with Crippen LogP contribution in [0.2, 0.25) is 0 Å². The number of aliphatic hydroxyl groups is 1. The van der Waals surface area contributed by atoms with Gasteiger partial charge in [0.1, 0.15) is 5.69 Å². The first-order valence-corrected chi connectivity index (χ1v) is 11.7. The second kappa shape index (κ2) is 9.09. The van der Waals surface area contributed by atoms with E-state index in [4.69, 9.17) is 9.40 Å². The molecule has 1 fully saturated rings. The highest BCUT2D eigenvalue weighted by molar-refractivity contribution is 5.90. The Morgan fingerprint density at radius 3 is 2.56 bits per heavy atom. The average molecular weight is 474 g/mol. The second-order valence-electron chi connectivity index (χ2n) is 10.5. The molecule has 0 bridgehead atoms. The van der Waals surface area contributed by atoms with E-state index in [0.717, 1.165) is 48.2 Å². The van der Waals surface area contributed by atoms with E-state index < -0.39 is 12.5 Å². The van der Waals surface area contributed by atoms with Gasteiger partial charge in [-0.2, -0.15) is 0 Å². The third-order valence-electron chi connectivity index (χ3n) is 6.15. The van der Waals surface area contributed by atoms with Gasteiger partial charge in [0, 0.05) is 24.0 Å². The van der Waals surface area contributed by atoms with Gasteiger partial charge >= 0.3 is 6.01 Å². The zero-order valence-electron chi connectivity index (χ0n) is 20.4. The molecule has 1 aliphatic rings. The number of pyridine rings is 1. The molecule has 3 N–H and O–H groups in total. The van der Waals surface area contributed by atoms with Gasteiger partial charge in [0.2, 0.25) is 0 Å². The minimum atomic E-state index is -2.81. The Kier molecular flexibility index (Phi) is 6.50. The Morgan fingerprint density at radius 1 is 1.12 bits per heavy atom. The molecule has 2 heterocycles. The third kappa shape index (κ3) is 5.63. The van der Waals surface area contributed by atoms with Gasteiger partial charge in [0.05, 0.1) is 18.2 Å². The molecule has 1 saturated carbocycles. The van der Waals surface area contributed by atoms with Crippen LogP contribution in [0.25, 0.3) is 22.5 Å². The first-order chi connectivity index (χ1) is 15.9. The third-order valence-corrected chi connectivity index (χ3v) is 6.15. The quantitative estimate of drug-likeness (QED) is 0.424. The van der Waals surface area contributed by atoms with Crippen LogP contribution >= 0.6 is 0 Å². The largest absolute Gasteiger partial charge is 0.402 e. The highest BCUT2D eigenvalue weighted by Crippen LogP contribution is 2.35. The molecule has 0 spiro atoms. The number of hydrogen-bond acceptors (Lipinski definition) is 7. The molecule has 2 aromatic heterocycles. The van der Waals surface area contributed by atoms with Crippen molar-refractivity contribution in [3.05, 3.63) is 29.3 Å². The molecular weight excluding hydrogens is 440 g/mol. The minimum Gasteiger partial charge on any atom is -0.402 e. The first-order valence-electron chi connectivity index (χ1n) is 11.7. The van der Waals surface area contributed by atoms with Crippen molar-refractivity contribution >= 4 is 22.6 Å². The lowest BCUT2D eigenvalue weighted by molar-refractivity contribution is 0.0368. The van der Waals surface area contributed by atoms with Crippen LogP contribution in [0.15, 0.2) is 22.6 Å². The summed E-state index contributed by atoms with van der Waals surface area (Å²) in [6.45, 7) is 8.61. The van der Waals surface area contributed by atoms with E-state index in [0.29, 0.717) is 29.7 Å². The molecule has 2 atom stereocenters. The van der Waals surface area contributed by atoms with Crippen molar-refractivity contribution in [3.8, 4) is 11.6 Å². The molecule has 1 aliphatic carbocycles. The summed E-state index contributed by atoms with van der Waals surface area (Å²) in [5.74, 6) is -2.51. The predicted octanol–water partition coefficient (Wildman–Crippen LogP) is 5.67. The van der Waals surface area contributed by atoms with Crippen LogP contribution in [0.3, 0.4) is 0 Å². The number of halogens is 2. The predicted molar refractivity (Wildman–Crippen MR) is 129 cm³/mol. The lowest BCUT2D eigenvalue weighted by Crippen LogP contribution is -2.29. The Balaban J connectivity index is 1.68. The average Bonchev–Trinajstić information content (AvgIpc) is 3.19. The van der Waals surface area contributed by atoms with Crippen molar-refractivity contribution < 1.29 is 18.3 Å². The van der Waals surface area contributed by atoms with Crippen molar-refractivity contribution in [1.82, 2.24) is 15.2 Å². The van der Waals surface area contributed by atoms with Crippen LogP contribution in [0, 0.1) is 6.92 Å². The lowest BCUT2D eigenvalue weighted by atomic mass is 9.84. The number of benzene rings is 1. The minimum absolute atomic E-state index is 0.0947. The van der Waals surface area contributed by atoms with Crippen molar-refractivity contribution in [2.24, 2.45) is 0 Å². The molecule has 0 saturated heterocycles. The van der Waals surface area contributed by atoms with E-state index in [1.165, 1.54) is 0 Å². The molecule has 1 aromatic carbocycles. The molecule has 2 unspecified atom stereocenters. The maximum Gasteiger partial charge on any atom is 0.316 e. The number of aromatic nitrogens is 3. The van der Waals surface area contributed by atoms with Crippen molar-refractivity contribution in [1.29, 1.82) is 0 Å². The van der Waals surface area contributed by atoms with Gasteiger partial charge in [0.15, 0.2) is 0 Å². The van der Waals surface area contributed by atoms with Gasteiger partial charge in [-0.3, -0.25) is 0 Å². The fraction of sp³-hybridized carbons (Fsp3) is 0.560. The van der Waals surface area contributed by atoms with Crippen LogP contribution in [0.5, 0.6) is 0 Å². The van der Waals surface area contributed by atoms with Gasteiger partial charge in [-0.15, -0.1) is 5.10 Å². The number of nitrogens with one attached hydrogen (secondary N) is 2. The maximum absolute atomic E-state index is 13.4. The van der Waals surface area contributed by atoms with E-state index in [-0.39, 0.29) is 17.6 Å². The molecule has 4 rings (SSSR count). The topological polar surface area (TPSA) is 96.1 Å². The van der Waals surface area contributed by atoms with Gasteiger partial charge < -0.3 is 20.2 Å². The standard InChI is InChI=1S/C25H33F2N5O2/c1-14-9-20(22-31-32-23(34-22)29-15-7-6-8-17(33)10-15)30-21-18(14)11-16(28-13-25(5,26)27)12-19(21)24(2,3)4/h9,11-12,15,17,28,33H,6-8,10,13H2,1-5H3,(H,29,32). The summed E-state index contributed by atoms with van der Waals surface area (Å²) in [7, 11) is 0. The normalized spacial score (nSPS) is 19.4. The molecule has 0 radical (unpaired) electrons. The molecule has 3 aromatic rings. The van der Waals surface area contributed by atoms with Gasteiger partial charge in [0.25, 0.3) is 11.8 Å². The monoisotopic (exact) mass is 473 g/mol. The van der Waals surface area contributed by atoms with Crippen LogP contribution < -0.4 is 10.6 Å². The second-order valence-corrected chi connectivity index (χ2v) is 10.5. The molecule has 34 heavy (non-hydrogen) atoms.